The third-order valence-corrected chi connectivity index (χ3v) is 6.48. The molecule has 1 saturated heterocycles. The SMILES string of the molecule is Cc1cc(C(=O)N2CCN([C@@H](c3ccccc3)c3ccc(Br)cc3)CC2)n(C(C)(C)C)n1. The number of aryl methyl sites for hydroxylation is 1. The van der Waals surface area contributed by atoms with Crippen molar-refractivity contribution in [3.05, 3.63) is 87.7 Å². The minimum atomic E-state index is -0.235. The average molecular weight is 495 g/mol. The van der Waals surface area contributed by atoms with Crippen LogP contribution in [0.25, 0.3) is 0 Å². The molecule has 1 fully saturated rings. The van der Waals surface area contributed by atoms with Crippen LogP contribution in [0.1, 0.15) is 54.1 Å². The number of rotatable bonds is 4. The molecule has 1 amide bonds. The summed E-state index contributed by atoms with van der Waals surface area (Å²) < 4.78 is 2.94. The van der Waals surface area contributed by atoms with Crippen molar-refractivity contribution in [3.63, 3.8) is 0 Å². The molecule has 0 unspecified atom stereocenters. The monoisotopic (exact) mass is 494 g/mol. The normalized spacial score (nSPS) is 16.2. The van der Waals surface area contributed by atoms with Crippen molar-refractivity contribution in [2.75, 3.05) is 26.2 Å². The largest absolute Gasteiger partial charge is 0.335 e. The van der Waals surface area contributed by atoms with Gasteiger partial charge in [-0.15, -0.1) is 0 Å². The van der Waals surface area contributed by atoms with Crippen molar-refractivity contribution in [2.45, 2.75) is 39.3 Å². The summed E-state index contributed by atoms with van der Waals surface area (Å²) in [5, 5.41) is 4.58. The van der Waals surface area contributed by atoms with Crippen molar-refractivity contribution in [3.8, 4) is 0 Å². The van der Waals surface area contributed by atoms with Crippen LogP contribution in [0.3, 0.4) is 0 Å². The van der Waals surface area contributed by atoms with E-state index < -0.39 is 0 Å². The van der Waals surface area contributed by atoms with Crippen molar-refractivity contribution in [1.82, 2.24) is 19.6 Å². The summed E-state index contributed by atoms with van der Waals surface area (Å²) in [5.74, 6) is 0.0695. The van der Waals surface area contributed by atoms with Crippen LogP contribution in [0.15, 0.2) is 65.1 Å². The van der Waals surface area contributed by atoms with E-state index in [2.05, 4.69) is 101 Å². The van der Waals surface area contributed by atoms with Crippen molar-refractivity contribution < 1.29 is 4.79 Å². The van der Waals surface area contributed by atoms with Gasteiger partial charge >= 0.3 is 0 Å². The molecule has 1 atom stereocenters. The van der Waals surface area contributed by atoms with Gasteiger partial charge < -0.3 is 4.90 Å². The summed E-state index contributed by atoms with van der Waals surface area (Å²) in [4.78, 5) is 17.8. The van der Waals surface area contributed by atoms with E-state index in [-0.39, 0.29) is 17.5 Å². The highest BCUT2D eigenvalue weighted by Gasteiger charge is 2.31. The molecular formula is C26H31BrN4O. The number of amides is 1. The second-order valence-electron chi connectivity index (χ2n) is 9.45. The first-order valence-electron chi connectivity index (χ1n) is 11.1. The maximum Gasteiger partial charge on any atom is 0.272 e. The lowest BCUT2D eigenvalue weighted by atomic mass is 9.96. The fourth-order valence-electron chi connectivity index (χ4n) is 4.40. The molecule has 2 aromatic carbocycles. The van der Waals surface area contributed by atoms with Crippen LogP contribution in [0.2, 0.25) is 0 Å². The van der Waals surface area contributed by atoms with Gasteiger partial charge in [0.15, 0.2) is 0 Å². The number of halogens is 1. The molecule has 2 heterocycles. The Labute approximate surface area is 199 Å². The van der Waals surface area contributed by atoms with Crippen LogP contribution in [-0.2, 0) is 5.54 Å². The Bertz CT molecular complexity index is 1060. The molecule has 0 radical (unpaired) electrons. The van der Waals surface area contributed by atoms with Gasteiger partial charge in [-0.2, -0.15) is 5.10 Å². The van der Waals surface area contributed by atoms with Crippen LogP contribution < -0.4 is 0 Å². The lowest BCUT2D eigenvalue weighted by Gasteiger charge is -2.40. The molecule has 3 aromatic rings. The smallest absolute Gasteiger partial charge is 0.272 e. The van der Waals surface area contributed by atoms with Gasteiger partial charge in [-0.3, -0.25) is 14.4 Å². The van der Waals surface area contributed by atoms with E-state index in [0.29, 0.717) is 18.8 Å². The van der Waals surface area contributed by atoms with E-state index in [1.165, 1.54) is 11.1 Å². The van der Waals surface area contributed by atoms with Crippen LogP contribution in [0, 0.1) is 6.92 Å². The maximum absolute atomic E-state index is 13.4. The fraction of sp³-hybridized carbons (Fsp3) is 0.385. The third kappa shape index (κ3) is 4.81. The van der Waals surface area contributed by atoms with Crippen LogP contribution >= 0.6 is 15.9 Å². The van der Waals surface area contributed by atoms with Crippen molar-refractivity contribution in [1.29, 1.82) is 0 Å². The van der Waals surface area contributed by atoms with Gasteiger partial charge in [0.2, 0.25) is 0 Å². The Morgan fingerprint density at radius 1 is 0.938 bits per heavy atom. The molecule has 5 nitrogen and oxygen atoms in total. The molecule has 4 rings (SSSR count). The summed E-state index contributed by atoms with van der Waals surface area (Å²) in [5.41, 5.74) is 3.86. The molecule has 6 heteroatoms. The predicted molar refractivity (Wildman–Crippen MR) is 132 cm³/mol. The van der Waals surface area contributed by atoms with Crippen LogP contribution in [0.4, 0.5) is 0 Å². The average Bonchev–Trinajstić information content (AvgIpc) is 3.18. The van der Waals surface area contributed by atoms with Gasteiger partial charge in [-0.25, -0.2) is 0 Å². The second kappa shape index (κ2) is 9.20. The molecule has 0 spiro atoms. The van der Waals surface area contributed by atoms with Crippen molar-refractivity contribution in [2.24, 2.45) is 0 Å². The number of hydrogen-bond acceptors (Lipinski definition) is 3. The maximum atomic E-state index is 13.4. The van der Waals surface area contributed by atoms with Gasteiger partial charge in [0.1, 0.15) is 5.69 Å². The number of carbonyl (C=O) groups excluding carboxylic acids is 1. The van der Waals surface area contributed by atoms with E-state index in [9.17, 15) is 4.79 Å². The molecule has 1 aliphatic heterocycles. The zero-order chi connectivity index (χ0) is 22.9. The molecule has 1 aliphatic rings. The quantitative estimate of drug-likeness (QED) is 0.496. The first-order valence-corrected chi connectivity index (χ1v) is 11.9. The summed E-state index contributed by atoms with van der Waals surface area (Å²) in [7, 11) is 0. The third-order valence-electron chi connectivity index (χ3n) is 5.95. The zero-order valence-electron chi connectivity index (χ0n) is 19.3. The molecule has 0 saturated carbocycles. The predicted octanol–water partition coefficient (Wildman–Crippen LogP) is 5.26. The summed E-state index contributed by atoms with van der Waals surface area (Å²) >= 11 is 3.55. The number of hydrogen-bond donors (Lipinski definition) is 0. The van der Waals surface area contributed by atoms with Gasteiger partial charge in [-0.05, 0) is 57.0 Å². The molecule has 32 heavy (non-hydrogen) atoms. The number of carbonyl (C=O) groups is 1. The number of piperazine rings is 1. The molecule has 1 aromatic heterocycles. The van der Waals surface area contributed by atoms with Gasteiger partial charge in [-0.1, -0.05) is 58.4 Å². The first-order chi connectivity index (χ1) is 15.2. The lowest BCUT2D eigenvalue weighted by Crippen LogP contribution is -2.50. The Morgan fingerprint density at radius 2 is 1.53 bits per heavy atom. The topological polar surface area (TPSA) is 41.4 Å². The first kappa shape index (κ1) is 22.7. The zero-order valence-corrected chi connectivity index (χ0v) is 20.8. The number of nitrogens with zero attached hydrogens (tertiary/aromatic N) is 4. The fourth-order valence-corrected chi connectivity index (χ4v) is 4.67. The summed E-state index contributed by atoms with van der Waals surface area (Å²) in [6.45, 7) is 11.2. The van der Waals surface area contributed by atoms with E-state index in [1.54, 1.807) is 0 Å². The van der Waals surface area contributed by atoms with Gasteiger partial charge in [0.25, 0.3) is 5.91 Å². The minimum Gasteiger partial charge on any atom is -0.335 e. The molecule has 0 aliphatic carbocycles. The molecule has 168 valence electrons. The van der Waals surface area contributed by atoms with Gasteiger partial charge in [0, 0.05) is 30.7 Å². The standard InChI is InChI=1S/C26H31BrN4O/c1-19-18-23(31(28-19)26(2,3)4)25(32)30-16-14-29(15-17-30)24(20-8-6-5-7-9-20)21-10-12-22(27)13-11-21/h5-13,18,24H,14-17H2,1-4H3/t24-/m0/s1. The van der Waals surface area contributed by atoms with Crippen LogP contribution in [-0.4, -0.2) is 51.7 Å². The molecule has 0 bridgehead atoms. The Kier molecular flexibility index (Phi) is 6.54. The highest BCUT2D eigenvalue weighted by Crippen LogP contribution is 2.31. The second-order valence-corrected chi connectivity index (χ2v) is 10.4. The number of aromatic nitrogens is 2. The Balaban J connectivity index is 1.54. The molecular weight excluding hydrogens is 464 g/mol. The highest BCUT2D eigenvalue weighted by molar-refractivity contribution is 9.10. The highest BCUT2D eigenvalue weighted by atomic mass is 79.9. The van der Waals surface area contributed by atoms with Crippen LogP contribution in [0.5, 0.6) is 0 Å². The Morgan fingerprint density at radius 3 is 2.12 bits per heavy atom. The summed E-state index contributed by atoms with van der Waals surface area (Å²) in [6.07, 6.45) is 0. The number of benzene rings is 2. The lowest BCUT2D eigenvalue weighted by molar-refractivity contribution is 0.0578. The Hall–Kier alpha value is -2.44. The van der Waals surface area contributed by atoms with E-state index in [1.807, 2.05) is 22.6 Å². The minimum absolute atomic E-state index is 0.0695. The van der Waals surface area contributed by atoms with E-state index >= 15 is 0 Å². The van der Waals surface area contributed by atoms with E-state index in [4.69, 9.17) is 0 Å². The van der Waals surface area contributed by atoms with Gasteiger partial charge in [0.05, 0.1) is 17.3 Å². The molecule has 0 N–H and O–H groups in total. The van der Waals surface area contributed by atoms with Crippen molar-refractivity contribution >= 4 is 21.8 Å². The van der Waals surface area contributed by atoms with E-state index in [0.717, 1.165) is 23.3 Å². The summed E-state index contributed by atoms with van der Waals surface area (Å²) in [6, 6.07) is 21.3.